The molecule has 0 radical (unpaired) electrons. The van der Waals surface area contributed by atoms with Crippen LogP contribution in [-0.4, -0.2) is 22.7 Å². The fraction of sp³-hybridized carbons (Fsp3) is 0.350. The Hall–Kier alpha value is -2.13. The van der Waals surface area contributed by atoms with E-state index in [1.807, 2.05) is 36.4 Å². The van der Waals surface area contributed by atoms with Crippen LogP contribution >= 0.6 is 0 Å². The number of aryl methyl sites for hydroxylation is 1. The lowest BCUT2D eigenvalue weighted by Crippen LogP contribution is -2.42. The van der Waals surface area contributed by atoms with Crippen molar-refractivity contribution in [1.29, 1.82) is 0 Å². The largest absolute Gasteiger partial charge is 0.286 e. The van der Waals surface area contributed by atoms with Crippen LogP contribution in [0, 0.1) is 5.92 Å². The van der Waals surface area contributed by atoms with Crippen molar-refractivity contribution in [2.75, 3.05) is 6.54 Å². The summed E-state index contributed by atoms with van der Waals surface area (Å²) in [6.07, 6.45) is 3.56. The van der Waals surface area contributed by atoms with Gasteiger partial charge in [-0.2, -0.15) is 0 Å². The van der Waals surface area contributed by atoms with Crippen molar-refractivity contribution in [3.8, 4) is 0 Å². The quantitative estimate of drug-likeness (QED) is 0.847. The summed E-state index contributed by atoms with van der Waals surface area (Å²) < 4.78 is 0. The average molecular weight is 309 g/mol. The zero-order valence-electron chi connectivity index (χ0n) is 13.3. The lowest BCUT2D eigenvalue weighted by Gasteiger charge is -2.35. The van der Waals surface area contributed by atoms with Gasteiger partial charge in [0.15, 0.2) is 0 Å². The van der Waals surface area contributed by atoms with E-state index in [-0.39, 0.29) is 17.7 Å². The molecular weight excluding hydrogens is 286 g/mol. The second-order valence-electron chi connectivity index (χ2n) is 6.25. The van der Waals surface area contributed by atoms with E-state index in [2.05, 4.69) is 24.3 Å². The highest BCUT2D eigenvalue weighted by atomic mass is 16.5. The molecule has 3 nitrogen and oxygen atoms in total. The first kappa shape index (κ1) is 15.8. The SMILES string of the molecule is O=C1[C@@H](CCCc2ccccc2)[C@H](c2ccccc2)CCN1O. The first-order valence-corrected chi connectivity index (χ1v) is 8.35. The van der Waals surface area contributed by atoms with Gasteiger partial charge < -0.3 is 0 Å². The molecule has 23 heavy (non-hydrogen) atoms. The number of hydrogen-bond acceptors (Lipinski definition) is 2. The van der Waals surface area contributed by atoms with Crippen molar-refractivity contribution in [2.45, 2.75) is 31.6 Å². The van der Waals surface area contributed by atoms with Crippen LogP contribution in [0.5, 0.6) is 0 Å². The highest BCUT2D eigenvalue weighted by molar-refractivity contribution is 5.79. The number of rotatable bonds is 5. The van der Waals surface area contributed by atoms with Gasteiger partial charge in [-0.1, -0.05) is 60.7 Å². The Balaban J connectivity index is 1.68. The summed E-state index contributed by atoms with van der Waals surface area (Å²) in [5, 5.41) is 10.7. The molecule has 2 aromatic rings. The van der Waals surface area contributed by atoms with E-state index in [4.69, 9.17) is 0 Å². The van der Waals surface area contributed by atoms with E-state index >= 15 is 0 Å². The summed E-state index contributed by atoms with van der Waals surface area (Å²) in [5.74, 6) is -0.0408. The number of amides is 1. The van der Waals surface area contributed by atoms with Crippen molar-refractivity contribution >= 4 is 5.91 Å². The number of benzene rings is 2. The van der Waals surface area contributed by atoms with Gasteiger partial charge in [-0.3, -0.25) is 10.0 Å². The zero-order chi connectivity index (χ0) is 16.1. The van der Waals surface area contributed by atoms with Gasteiger partial charge in [0.05, 0.1) is 0 Å². The van der Waals surface area contributed by atoms with Crippen LogP contribution in [0.1, 0.15) is 36.3 Å². The van der Waals surface area contributed by atoms with Gasteiger partial charge in [-0.25, -0.2) is 5.06 Å². The third-order valence-electron chi connectivity index (χ3n) is 4.76. The smallest absolute Gasteiger partial charge is 0.249 e. The molecule has 2 aromatic carbocycles. The molecule has 2 atom stereocenters. The zero-order valence-corrected chi connectivity index (χ0v) is 13.3. The molecule has 3 rings (SSSR count). The van der Waals surface area contributed by atoms with Crippen LogP contribution in [0.3, 0.4) is 0 Å². The second kappa shape index (κ2) is 7.42. The van der Waals surface area contributed by atoms with E-state index in [0.717, 1.165) is 30.7 Å². The number of piperidine rings is 1. The van der Waals surface area contributed by atoms with Crippen molar-refractivity contribution in [3.05, 3.63) is 71.8 Å². The van der Waals surface area contributed by atoms with Crippen LogP contribution in [0.4, 0.5) is 0 Å². The van der Waals surface area contributed by atoms with Gasteiger partial charge in [0.25, 0.3) is 0 Å². The third-order valence-corrected chi connectivity index (χ3v) is 4.76. The molecule has 0 bridgehead atoms. The fourth-order valence-corrected chi connectivity index (χ4v) is 3.53. The molecule has 0 saturated carbocycles. The Morgan fingerprint density at radius 1 is 1.00 bits per heavy atom. The summed E-state index contributed by atoms with van der Waals surface area (Å²) in [6, 6.07) is 20.6. The molecule has 3 heteroatoms. The lowest BCUT2D eigenvalue weighted by molar-refractivity contribution is -0.177. The van der Waals surface area contributed by atoms with Gasteiger partial charge in [0.1, 0.15) is 0 Å². The van der Waals surface area contributed by atoms with Crippen LogP contribution in [0.15, 0.2) is 60.7 Å². The number of nitrogens with zero attached hydrogens (tertiary/aromatic N) is 1. The van der Waals surface area contributed by atoms with Crippen molar-refractivity contribution in [3.63, 3.8) is 0 Å². The molecule has 0 unspecified atom stereocenters. The van der Waals surface area contributed by atoms with Gasteiger partial charge >= 0.3 is 0 Å². The number of hydrogen-bond donors (Lipinski definition) is 1. The monoisotopic (exact) mass is 309 g/mol. The van der Waals surface area contributed by atoms with Crippen LogP contribution < -0.4 is 0 Å². The molecule has 0 spiro atoms. The maximum Gasteiger partial charge on any atom is 0.249 e. The highest BCUT2D eigenvalue weighted by Crippen LogP contribution is 2.36. The van der Waals surface area contributed by atoms with Crippen LogP contribution in [0.2, 0.25) is 0 Å². The van der Waals surface area contributed by atoms with Crippen LogP contribution in [-0.2, 0) is 11.2 Å². The molecule has 0 aromatic heterocycles. The van der Waals surface area contributed by atoms with Gasteiger partial charge in [0.2, 0.25) is 5.91 Å². The molecule has 1 fully saturated rings. The maximum absolute atomic E-state index is 12.4. The molecular formula is C20H23NO2. The first-order valence-electron chi connectivity index (χ1n) is 8.35. The minimum absolute atomic E-state index is 0.125. The molecule has 1 aliphatic heterocycles. The van der Waals surface area contributed by atoms with E-state index < -0.39 is 0 Å². The van der Waals surface area contributed by atoms with Gasteiger partial charge in [-0.05, 0) is 42.7 Å². The minimum Gasteiger partial charge on any atom is -0.286 e. The molecule has 1 saturated heterocycles. The summed E-state index contributed by atoms with van der Waals surface area (Å²) in [5.41, 5.74) is 2.51. The summed E-state index contributed by atoms with van der Waals surface area (Å²) in [6.45, 7) is 0.424. The third kappa shape index (κ3) is 3.80. The number of hydroxylamine groups is 2. The summed E-state index contributed by atoms with van der Waals surface area (Å²) in [4.78, 5) is 12.4. The normalized spacial score (nSPS) is 21.4. The Morgan fingerprint density at radius 3 is 2.35 bits per heavy atom. The van der Waals surface area contributed by atoms with E-state index in [1.165, 1.54) is 11.1 Å². The second-order valence-corrected chi connectivity index (χ2v) is 6.25. The lowest BCUT2D eigenvalue weighted by atomic mass is 9.78. The summed E-state index contributed by atoms with van der Waals surface area (Å²) in [7, 11) is 0. The molecule has 0 aliphatic carbocycles. The molecule has 120 valence electrons. The molecule has 1 amide bonds. The topological polar surface area (TPSA) is 40.5 Å². The predicted molar refractivity (Wildman–Crippen MR) is 90.2 cm³/mol. The Bertz CT molecular complexity index is 627. The fourth-order valence-electron chi connectivity index (χ4n) is 3.53. The Morgan fingerprint density at radius 2 is 1.65 bits per heavy atom. The average Bonchev–Trinajstić information content (AvgIpc) is 2.60. The standard InChI is InChI=1S/C20H23NO2/c22-20-19(13-7-10-16-8-3-1-4-9-16)18(14-15-21(20)23)17-11-5-2-6-12-17/h1-6,8-9,11-12,18-19,23H,7,10,13-15H2/t18-,19-/m0/s1. The number of carbonyl (C=O) groups is 1. The summed E-state index contributed by atoms with van der Waals surface area (Å²) >= 11 is 0. The maximum atomic E-state index is 12.4. The van der Waals surface area contributed by atoms with Crippen LogP contribution in [0.25, 0.3) is 0 Å². The Labute approximate surface area is 137 Å². The number of carbonyl (C=O) groups excluding carboxylic acids is 1. The molecule has 1 N–H and O–H groups in total. The van der Waals surface area contributed by atoms with E-state index in [9.17, 15) is 10.0 Å². The Kier molecular flexibility index (Phi) is 5.09. The first-order chi connectivity index (χ1) is 11.3. The van der Waals surface area contributed by atoms with Crippen molar-refractivity contribution < 1.29 is 10.0 Å². The van der Waals surface area contributed by atoms with Gasteiger partial charge in [-0.15, -0.1) is 0 Å². The minimum atomic E-state index is -0.127. The predicted octanol–water partition coefficient (Wildman–Crippen LogP) is 4.03. The van der Waals surface area contributed by atoms with Crippen molar-refractivity contribution in [1.82, 2.24) is 5.06 Å². The molecule has 1 aliphatic rings. The van der Waals surface area contributed by atoms with Gasteiger partial charge in [0, 0.05) is 12.5 Å². The van der Waals surface area contributed by atoms with Crippen molar-refractivity contribution in [2.24, 2.45) is 5.92 Å². The van der Waals surface area contributed by atoms with E-state index in [0.29, 0.717) is 6.54 Å². The highest BCUT2D eigenvalue weighted by Gasteiger charge is 2.36. The van der Waals surface area contributed by atoms with E-state index in [1.54, 1.807) is 0 Å². The molecule has 1 heterocycles.